The van der Waals surface area contributed by atoms with Gasteiger partial charge in [-0.25, -0.2) is 0 Å². The quantitative estimate of drug-likeness (QED) is 0.738. The van der Waals surface area contributed by atoms with Gasteiger partial charge in [0.2, 0.25) is 0 Å². The van der Waals surface area contributed by atoms with Crippen molar-refractivity contribution in [1.29, 1.82) is 5.26 Å². The summed E-state index contributed by atoms with van der Waals surface area (Å²) in [5, 5.41) is 21.1. The highest BCUT2D eigenvalue weighted by molar-refractivity contribution is 5.42. The number of nitrogens with one attached hydrogen (secondary N) is 1. The third-order valence-corrected chi connectivity index (χ3v) is 2.29. The SMILES string of the molecule is Cc1cc(CNCCC#N)cc(C)c1O. The largest absolute Gasteiger partial charge is 0.507 e. The summed E-state index contributed by atoms with van der Waals surface area (Å²) in [4.78, 5) is 0. The Hall–Kier alpha value is -1.53. The third-order valence-electron chi connectivity index (χ3n) is 2.29. The number of nitriles is 1. The number of rotatable bonds is 4. The molecule has 1 rings (SSSR count). The zero-order valence-corrected chi connectivity index (χ0v) is 9.17. The minimum Gasteiger partial charge on any atom is -0.507 e. The molecule has 1 aromatic carbocycles. The van der Waals surface area contributed by atoms with Gasteiger partial charge in [0.05, 0.1) is 6.07 Å². The molecule has 2 N–H and O–H groups in total. The van der Waals surface area contributed by atoms with Crippen molar-refractivity contribution in [3.8, 4) is 11.8 Å². The normalized spacial score (nSPS) is 9.93. The molecule has 0 saturated heterocycles. The Kier molecular flexibility index (Phi) is 4.14. The van der Waals surface area contributed by atoms with Crippen LogP contribution in [0.5, 0.6) is 5.75 Å². The van der Waals surface area contributed by atoms with Crippen LogP contribution in [0.4, 0.5) is 0 Å². The molecule has 3 heteroatoms. The lowest BCUT2D eigenvalue weighted by molar-refractivity contribution is 0.466. The molecular weight excluding hydrogens is 188 g/mol. The lowest BCUT2D eigenvalue weighted by Crippen LogP contribution is -2.14. The van der Waals surface area contributed by atoms with E-state index in [0.29, 0.717) is 18.7 Å². The Morgan fingerprint density at radius 2 is 1.93 bits per heavy atom. The van der Waals surface area contributed by atoms with Crippen LogP contribution in [0.1, 0.15) is 23.1 Å². The molecule has 0 unspecified atom stereocenters. The van der Waals surface area contributed by atoms with Crippen molar-refractivity contribution in [3.63, 3.8) is 0 Å². The maximum Gasteiger partial charge on any atom is 0.121 e. The van der Waals surface area contributed by atoms with E-state index in [9.17, 15) is 5.11 Å². The molecule has 0 aromatic heterocycles. The molecule has 0 aliphatic heterocycles. The molecule has 0 bridgehead atoms. The van der Waals surface area contributed by atoms with Gasteiger partial charge in [0.25, 0.3) is 0 Å². The standard InChI is InChI=1S/C12H16N2O/c1-9-6-11(7-10(2)12(9)15)8-14-5-3-4-13/h6-7,14-15H,3,5,8H2,1-2H3. The summed E-state index contributed by atoms with van der Waals surface area (Å²) < 4.78 is 0. The van der Waals surface area contributed by atoms with Gasteiger partial charge in [0, 0.05) is 19.5 Å². The lowest BCUT2D eigenvalue weighted by atomic mass is 10.1. The predicted octanol–water partition coefficient (Wildman–Crippen LogP) is 2.01. The third kappa shape index (κ3) is 3.26. The van der Waals surface area contributed by atoms with Crippen molar-refractivity contribution in [2.75, 3.05) is 6.54 Å². The van der Waals surface area contributed by atoms with Crippen molar-refractivity contribution in [2.45, 2.75) is 26.8 Å². The molecule has 0 fully saturated rings. The van der Waals surface area contributed by atoms with Gasteiger partial charge < -0.3 is 10.4 Å². The zero-order valence-electron chi connectivity index (χ0n) is 9.17. The van der Waals surface area contributed by atoms with Gasteiger partial charge in [-0.05, 0) is 30.5 Å². The van der Waals surface area contributed by atoms with E-state index in [-0.39, 0.29) is 0 Å². The molecule has 0 aliphatic carbocycles. The van der Waals surface area contributed by atoms with Crippen molar-refractivity contribution in [1.82, 2.24) is 5.32 Å². The maximum atomic E-state index is 9.58. The zero-order chi connectivity index (χ0) is 11.3. The molecule has 0 atom stereocenters. The average molecular weight is 204 g/mol. The smallest absolute Gasteiger partial charge is 0.121 e. The second-order valence-corrected chi connectivity index (χ2v) is 3.66. The molecule has 0 heterocycles. The number of hydrogen-bond acceptors (Lipinski definition) is 3. The number of aryl methyl sites for hydroxylation is 2. The summed E-state index contributed by atoms with van der Waals surface area (Å²) in [6, 6.07) is 6.00. The van der Waals surface area contributed by atoms with E-state index in [2.05, 4.69) is 11.4 Å². The van der Waals surface area contributed by atoms with Crippen LogP contribution in [0.3, 0.4) is 0 Å². The second-order valence-electron chi connectivity index (χ2n) is 3.66. The van der Waals surface area contributed by atoms with Crippen LogP contribution in [0, 0.1) is 25.2 Å². The van der Waals surface area contributed by atoms with E-state index in [1.165, 1.54) is 0 Å². The molecule has 0 aliphatic rings. The van der Waals surface area contributed by atoms with Gasteiger partial charge in [-0.3, -0.25) is 0 Å². The van der Waals surface area contributed by atoms with Gasteiger partial charge in [-0.1, -0.05) is 12.1 Å². The minimum absolute atomic E-state index is 0.371. The monoisotopic (exact) mass is 204 g/mol. The van der Waals surface area contributed by atoms with Crippen LogP contribution in [-0.4, -0.2) is 11.7 Å². The molecule has 0 amide bonds. The van der Waals surface area contributed by atoms with Crippen molar-refractivity contribution < 1.29 is 5.11 Å². The van der Waals surface area contributed by atoms with Crippen LogP contribution in [0.25, 0.3) is 0 Å². The topological polar surface area (TPSA) is 56.0 Å². The Morgan fingerprint density at radius 1 is 1.33 bits per heavy atom. The summed E-state index contributed by atoms with van der Waals surface area (Å²) in [7, 11) is 0. The summed E-state index contributed by atoms with van der Waals surface area (Å²) in [6.07, 6.45) is 0.524. The second kappa shape index (κ2) is 5.38. The van der Waals surface area contributed by atoms with E-state index in [1.807, 2.05) is 26.0 Å². The first-order chi connectivity index (χ1) is 7.15. The highest BCUT2D eigenvalue weighted by Crippen LogP contribution is 2.22. The van der Waals surface area contributed by atoms with E-state index in [1.54, 1.807) is 0 Å². The van der Waals surface area contributed by atoms with Crippen molar-refractivity contribution in [3.05, 3.63) is 28.8 Å². The fourth-order valence-electron chi connectivity index (χ4n) is 1.52. The number of nitrogens with zero attached hydrogens (tertiary/aromatic N) is 1. The van der Waals surface area contributed by atoms with Crippen LogP contribution in [0.2, 0.25) is 0 Å². The molecular formula is C12H16N2O. The van der Waals surface area contributed by atoms with Gasteiger partial charge in [-0.2, -0.15) is 5.26 Å². The first kappa shape index (κ1) is 11.5. The Balaban J connectivity index is 2.59. The van der Waals surface area contributed by atoms with Gasteiger partial charge >= 0.3 is 0 Å². The predicted molar refractivity (Wildman–Crippen MR) is 59.5 cm³/mol. The maximum absolute atomic E-state index is 9.58. The fourth-order valence-corrected chi connectivity index (χ4v) is 1.52. The average Bonchev–Trinajstić information content (AvgIpc) is 2.21. The van der Waals surface area contributed by atoms with Crippen LogP contribution in [0.15, 0.2) is 12.1 Å². The number of hydrogen-bond donors (Lipinski definition) is 2. The van der Waals surface area contributed by atoms with Crippen molar-refractivity contribution in [2.24, 2.45) is 0 Å². The van der Waals surface area contributed by atoms with E-state index < -0.39 is 0 Å². The molecule has 0 radical (unpaired) electrons. The molecule has 1 aromatic rings. The highest BCUT2D eigenvalue weighted by Gasteiger charge is 2.02. The number of phenols is 1. The van der Waals surface area contributed by atoms with Gasteiger partial charge in [-0.15, -0.1) is 0 Å². The Bertz CT molecular complexity index is 357. The van der Waals surface area contributed by atoms with Crippen LogP contribution >= 0.6 is 0 Å². The molecule has 80 valence electrons. The van der Waals surface area contributed by atoms with Crippen LogP contribution in [-0.2, 0) is 6.54 Å². The van der Waals surface area contributed by atoms with E-state index in [0.717, 1.165) is 23.2 Å². The summed E-state index contributed by atoms with van der Waals surface area (Å²) in [5.41, 5.74) is 2.93. The van der Waals surface area contributed by atoms with E-state index in [4.69, 9.17) is 5.26 Å². The fraction of sp³-hybridized carbons (Fsp3) is 0.417. The van der Waals surface area contributed by atoms with Crippen molar-refractivity contribution >= 4 is 0 Å². The number of benzene rings is 1. The molecule has 3 nitrogen and oxygen atoms in total. The molecule has 0 spiro atoms. The van der Waals surface area contributed by atoms with Crippen LogP contribution < -0.4 is 5.32 Å². The number of aromatic hydroxyl groups is 1. The minimum atomic E-state index is 0.371. The summed E-state index contributed by atoms with van der Waals surface area (Å²) in [6.45, 7) is 5.22. The number of phenolic OH excluding ortho intramolecular Hbond substituents is 1. The molecule has 15 heavy (non-hydrogen) atoms. The highest BCUT2D eigenvalue weighted by atomic mass is 16.3. The Labute approximate surface area is 90.4 Å². The summed E-state index contributed by atoms with van der Waals surface area (Å²) in [5.74, 6) is 0.371. The van der Waals surface area contributed by atoms with Gasteiger partial charge in [0.15, 0.2) is 0 Å². The Morgan fingerprint density at radius 3 is 2.47 bits per heavy atom. The summed E-state index contributed by atoms with van der Waals surface area (Å²) >= 11 is 0. The van der Waals surface area contributed by atoms with Gasteiger partial charge in [0.1, 0.15) is 5.75 Å². The van der Waals surface area contributed by atoms with E-state index >= 15 is 0 Å². The lowest BCUT2D eigenvalue weighted by Gasteiger charge is -2.08. The first-order valence-corrected chi connectivity index (χ1v) is 5.02. The first-order valence-electron chi connectivity index (χ1n) is 5.02. The molecule has 0 saturated carbocycles.